The smallest absolute Gasteiger partial charge is 0.326 e. The van der Waals surface area contributed by atoms with E-state index in [1.54, 1.807) is 4.90 Å². The van der Waals surface area contributed by atoms with Crippen LogP contribution in [0.15, 0.2) is 78.9 Å². The number of carbonyl (C=O) groups excluding carboxylic acids is 2. The zero-order valence-corrected chi connectivity index (χ0v) is 18.1. The van der Waals surface area contributed by atoms with Crippen molar-refractivity contribution in [2.45, 2.75) is 19.8 Å². The Morgan fingerprint density at radius 2 is 1.66 bits per heavy atom. The number of rotatable bonds is 8. The van der Waals surface area contributed by atoms with Gasteiger partial charge in [-0.25, -0.2) is 4.79 Å². The minimum absolute atomic E-state index is 0.0654. The Balaban J connectivity index is 1.46. The largest absolute Gasteiger partial charge is 0.457 e. The van der Waals surface area contributed by atoms with Gasteiger partial charge in [-0.1, -0.05) is 30.3 Å². The van der Waals surface area contributed by atoms with Gasteiger partial charge in [0.05, 0.1) is 0 Å². The van der Waals surface area contributed by atoms with Crippen LogP contribution in [-0.2, 0) is 4.79 Å². The Labute approximate surface area is 188 Å². The molecule has 1 fully saturated rings. The summed E-state index contributed by atoms with van der Waals surface area (Å²) in [6, 6.07) is 24.3. The lowest BCUT2D eigenvalue weighted by molar-refractivity contribution is -0.122. The molecule has 0 atom stereocenters. The van der Waals surface area contributed by atoms with Crippen LogP contribution in [0, 0.1) is 12.8 Å². The molecule has 2 N–H and O–H groups in total. The average Bonchev–Trinajstić information content (AvgIpc) is 3.64. The van der Waals surface area contributed by atoms with Gasteiger partial charge in [-0.15, -0.1) is 0 Å². The molecule has 6 nitrogen and oxygen atoms in total. The number of nitrogens with one attached hydrogen (secondary N) is 2. The van der Waals surface area contributed by atoms with E-state index < -0.39 is 0 Å². The Morgan fingerprint density at radius 1 is 0.938 bits per heavy atom. The lowest BCUT2D eigenvalue weighted by Gasteiger charge is -2.24. The molecule has 1 aliphatic carbocycles. The third-order valence-electron chi connectivity index (χ3n) is 5.22. The zero-order chi connectivity index (χ0) is 22.3. The molecule has 0 aromatic heterocycles. The van der Waals surface area contributed by atoms with Crippen molar-refractivity contribution in [3.8, 4) is 11.5 Å². The van der Waals surface area contributed by atoms with E-state index in [-0.39, 0.29) is 17.9 Å². The molecule has 6 heteroatoms. The molecular weight excluding hydrogens is 402 g/mol. The molecule has 3 aromatic carbocycles. The molecule has 164 valence electrons. The molecule has 32 heavy (non-hydrogen) atoms. The van der Waals surface area contributed by atoms with E-state index in [1.807, 2.05) is 85.8 Å². The molecule has 0 radical (unpaired) electrons. The highest BCUT2D eigenvalue weighted by molar-refractivity contribution is 6.01. The molecule has 3 amide bonds. The molecule has 0 bridgehead atoms. The van der Waals surface area contributed by atoms with Gasteiger partial charge in [0.1, 0.15) is 11.5 Å². The number of benzene rings is 3. The van der Waals surface area contributed by atoms with Gasteiger partial charge in [-0.05, 0) is 73.9 Å². The highest BCUT2D eigenvalue weighted by atomic mass is 16.5. The minimum Gasteiger partial charge on any atom is -0.457 e. The first-order valence-electron chi connectivity index (χ1n) is 10.8. The van der Waals surface area contributed by atoms with E-state index in [2.05, 4.69) is 10.6 Å². The SMILES string of the molecule is Cc1cccc(NC(=O)N(CCNC(=O)C2CC2)c2ccc(Oc3ccccc3)cc2)c1. The number of hydrogen-bond donors (Lipinski definition) is 2. The molecule has 0 spiro atoms. The quantitative estimate of drug-likeness (QED) is 0.507. The molecule has 0 unspecified atom stereocenters. The number of aryl methyl sites for hydroxylation is 1. The van der Waals surface area contributed by atoms with Crippen molar-refractivity contribution in [3.63, 3.8) is 0 Å². The first kappa shape index (κ1) is 21.4. The molecule has 0 heterocycles. The van der Waals surface area contributed by atoms with Gasteiger partial charge in [0.25, 0.3) is 0 Å². The Kier molecular flexibility index (Phi) is 6.70. The third-order valence-corrected chi connectivity index (χ3v) is 5.22. The predicted molar refractivity (Wildman–Crippen MR) is 126 cm³/mol. The van der Waals surface area contributed by atoms with Gasteiger partial charge >= 0.3 is 6.03 Å². The van der Waals surface area contributed by atoms with Crippen molar-refractivity contribution in [1.82, 2.24) is 5.32 Å². The van der Waals surface area contributed by atoms with Crippen molar-refractivity contribution in [1.29, 1.82) is 0 Å². The summed E-state index contributed by atoms with van der Waals surface area (Å²) in [7, 11) is 0. The summed E-state index contributed by atoms with van der Waals surface area (Å²) < 4.78 is 5.85. The number of amides is 3. The van der Waals surface area contributed by atoms with Gasteiger partial charge in [-0.2, -0.15) is 0 Å². The molecule has 1 saturated carbocycles. The number of para-hydroxylation sites is 1. The number of ether oxygens (including phenoxy) is 1. The number of urea groups is 1. The van der Waals surface area contributed by atoms with Crippen molar-refractivity contribution < 1.29 is 14.3 Å². The summed E-state index contributed by atoms with van der Waals surface area (Å²) in [6.45, 7) is 2.72. The van der Waals surface area contributed by atoms with Crippen LogP contribution in [0.25, 0.3) is 0 Å². The number of nitrogens with zero attached hydrogens (tertiary/aromatic N) is 1. The zero-order valence-electron chi connectivity index (χ0n) is 18.1. The summed E-state index contributed by atoms with van der Waals surface area (Å²) in [5, 5.41) is 5.88. The maximum absolute atomic E-state index is 13.1. The van der Waals surface area contributed by atoms with Crippen LogP contribution in [0.5, 0.6) is 11.5 Å². The van der Waals surface area contributed by atoms with Crippen LogP contribution in [0.2, 0.25) is 0 Å². The summed E-state index contributed by atoms with van der Waals surface area (Å²) in [5.74, 6) is 1.63. The first-order chi connectivity index (χ1) is 15.6. The average molecular weight is 430 g/mol. The monoisotopic (exact) mass is 429 g/mol. The third kappa shape index (κ3) is 5.88. The van der Waals surface area contributed by atoms with Gasteiger partial charge < -0.3 is 15.4 Å². The van der Waals surface area contributed by atoms with Crippen molar-refractivity contribution >= 4 is 23.3 Å². The van der Waals surface area contributed by atoms with Gasteiger partial charge in [0, 0.05) is 30.4 Å². The molecular formula is C26H27N3O3. The van der Waals surface area contributed by atoms with Crippen molar-refractivity contribution in [3.05, 3.63) is 84.4 Å². The van der Waals surface area contributed by atoms with Crippen molar-refractivity contribution in [2.24, 2.45) is 5.92 Å². The second-order valence-electron chi connectivity index (χ2n) is 7.93. The molecule has 1 aliphatic rings. The maximum atomic E-state index is 13.1. The summed E-state index contributed by atoms with van der Waals surface area (Å²) in [5.41, 5.74) is 2.51. The van der Waals surface area contributed by atoms with Crippen LogP contribution in [0.4, 0.5) is 16.2 Å². The fourth-order valence-electron chi connectivity index (χ4n) is 3.36. The Bertz CT molecular complexity index is 1060. The van der Waals surface area contributed by atoms with Crippen LogP contribution >= 0.6 is 0 Å². The lowest BCUT2D eigenvalue weighted by Crippen LogP contribution is -2.41. The van der Waals surface area contributed by atoms with E-state index in [9.17, 15) is 9.59 Å². The molecule has 0 saturated heterocycles. The van der Waals surface area contributed by atoms with E-state index in [4.69, 9.17) is 4.74 Å². The van der Waals surface area contributed by atoms with Gasteiger partial charge in [0.2, 0.25) is 5.91 Å². The highest BCUT2D eigenvalue weighted by Crippen LogP contribution is 2.29. The van der Waals surface area contributed by atoms with Crippen LogP contribution in [0.3, 0.4) is 0 Å². The number of carbonyl (C=O) groups is 2. The fraction of sp³-hybridized carbons (Fsp3) is 0.231. The normalized spacial score (nSPS) is 12.7. The second kappa shape index (κ2) is 10.0. The van der Waals surface area contributed by atoms with Gasteiger partial charge in [-0.3, -0.25) is 9.69 Å². The summed E-state index contributed by atoms with van der Waals surface area (Å²) in [6.07, 6.45) is 1.90. The van der Waals surface area contributed by atoms with Crippen LogP contribution in [-0.4, -0.2) is 25.0 Å². The van der Waals surface area contributed by atoms with Crippen LogP contribution in [0.1, 0.15) is 18.4 Å². The first-order valence-corrected chi connectivity index (χ1v) is 10.8. The van der Waals surface area contributed by atoms with E-state index >= 15 is 0 Å². The fourth-order valence-corrected chi connectivity index (χ4v) is 3.36. The molecule has 3 aromatic rings. The minimum atomic E-state index is -0.256. The summed E-state index contributed by atoms with van der Waals surface area (Å²) >= 11 is 0. The Morgan fingerprint density at radius 3 is 2.34 bits per heavy atom. The second-order valence-corrected chi connectivity index (χ2v) is 7.93. The van der Waals surface area contributed by atoms with Crippen molar-refractivity contribution in [2.75, 3.05) is 23.3 Å². The van der Waals surface area contributed by atoms with Crippen LogP contribution < -0.4 is 20.3 Å². The number of hydrogen-bond acceptors (Lipinski definition) is 3. The predicted octanol–water partition coefficient (Wildman–Crippen LogP) is 5.35. The van der Waals surface area contributed by atoms with E-state index in [1.165, 1.54) is 0 Å². The standard InChI is InChI=1S/C26H27N3O3/c1-19-6-5-7-21(18-19)28-26(31)29(17-16-27-25(30)20-10-11-20)22-12-14-24(15-13-22)32-23-8-3-2-4-9-23/h2-9,12-15,18,20H,10-11,16-17H2,1H3,(H,27,30)(H,28,31). The molecule has 0 aliphatic heterocycles. The maximum Gasteiger partial charge on any atom is 0.326 e. The highest BCUT2D eigenvalue weighted by Gasteiger charge is 2.29. The van der Waals surface area contributed by atoms with Gasteiger partial charge in [0.15, 0.2) is 0 Å². The van der Waals surface area contributed by atoms with E-state index in [0.29, 0.717) is 18.8 Å². The Hall–Kier alpha value is -3.80. The molecule has 4 rings (SSSR count). The summed E-state index contributed by atoms with van der Waals surface area (Å²) in [4.78, 5) is 26.7. The lowest BCUT2D eigenvalue weighted by atomic mass is 10.2. The van der Waals surface area contributed by atoms with E-state index in [0.717, 1.165) is 35.5 Å². The number of anilines is 2. The topological polar surface area (TPSA) is 70.7 Å².